The molecule has 1 aliphatic rings. The van der Waals surface area contributed by atoms with Gasteiger partial charge in [0.2, 0.25) is 6.10 Å². The second-order valence-electron chi connectivity index (χ2n) is 3.95. The topological polar surface area (TPSA) is 47.6 Å². The minimum Gasteiger partial charge on any atom is -0.475 e. The number of hydrogen-bond donors (Lipinski definition) is 1. The van der Waals surface area contributed by atoms with Gasteiger partial charge in [0.05, 0.1) is 24.4 Å². The van der Waals surface area contributed by atoms with Crippen molar-refractivity contribution in [2.75, 3.05) is 18.5 Å². The molecule has 7 heteroatoms. The predicted octanol–water partition coefficient (Wildman–Crippen LogP) is 2.44. The van der Waals surface area contributed by atoms with Gasteiger partial charge in [-0.25, -0.2) is 4.79 Å². The molecule has 0 saturated carbocycles. The summed E-state index contributed by atoms with van der Waals surface area (Å²) in [6, 6.07) is 3.10. The van der Waals surface area contributed by atoms with Crippen molar-refractivity contribution in [3.63, 3.8) is 0 Å². The number of alkyl halides is 3. The fourth-order valence-electron chi connectivity index (χ4n) is 1.71. The van der Waals surface area contributed by atoms with Crippen molar-refractivity contribution >= 4 is 11.7 Å². The molecule has 1 N–H and O–H groups in total. The molecule has 0 aromatic heterocycles. The van der Waals surface area contributed by atoms with Gasteiger partial charge >= 0.3 is 12.1 Å². The number of carbonyl (C=O) groups is 1. The van der Waals surface area contributed by atoms with Gasteiger partial charge in [-0.3, -0.25) is 0 Å². The van der Waals surface area contributed by atoms with Crippen LogP contribution in [0.2, 0.25) is 0 Å². The summed E-state index contributed by atoms with van der Waals surface area (Å²) >= 11 is 0. The lowest BCUT2D eigenvalue weighted by Gasteiger charge is -2.26. The average molecular weight is 275 g/mol. The Kier molecular flexibility index (Phi) is 3.55. The first-order valence-electron chi connectivity index (χ1n) is 5.70. The van der Waals surface area contributed by atoms with E-state index in [0.717, 1.165) is 12.1 Å². The van der Waals surface area contributed by atoms with Crippen LogP contribution >= 0.6 is 0 Å². The molecule has 0 unspecified atom stereocenters. The van der Waals surface area contributed by atoms with Gasteiger partial charge < -0.3 is 14.8 Å². The minimum absolute atomic E-state index is 0.000807. The molecule has 1 aromatic carbocycles. The van der Waals surface area contributed by atoms with Crippen LogP contribution in [0.1, 0.15) is 12.5 Å². The maximum absolute atomic E-state index is 12.6. The van der Waals surface area contributed by atoms with Gasteiger partial charge in [-0.15, -0.1) is 0 Å². The van der Waals surface area contributed by atoms with Crippen LogP contribution in [0.3, 0.4) is 0 Å². The van der Waals surface area contributed by atoms with Crippen LogP contribution in [0.4, 0.5) is 18.9 Å². The van der Waals surface area contributed by atoms with E-state index >= 15 is 0 Å². The number of fused-ring (bicyclic) bond motifs is 1. The largest absolute Gasteiger partial charge is 0.475 e. The molecular weight excluding hydrogens is 263 g/mol. The average Bonchev–Trinajstić information content (AvgIpc) is 2.36. The van der Waals surface area contributed by atoms with Gasteiger partial charge in [-0.2, -0.15) is 13.2 Å². The summed E-state index contributed by atoms with van der Waals surface area (Å²) in [6.07, 6.45) is -5.38. The van der Waals surface area contributed by atoms with Crippen molar-refractivity contribution in [1.29, 1.82) is 0 Å². The number of hydrogen-bond acceptors (Lipinski definition) is 4. The predicted molar refractivity (Wildman–Crippen MR) is 61.0 cm³/mol. The van der Waals surface area contributed by atoms with Crippen molar-refractivity contribution in [2.45, 2.75) is 19.2 Å². The van der Waals surface area contributed by atoms with Gasteiger partial charge in [-0.1, -0.05) is 0 Å². The zero-order valence-electron chi connectivity index (χ0n) is 10.1. The zero-order chi connectivity index (χ0) is 14.0. The van der Waals surface area contributed by atoms with Gasteiger partial charge in [-0.05, 0) is 25.1 Å². The monoisotopic (exact) mass is 275 g/mol. The van der Waals surface area contributed by atoms with E-state index in [4.69, 9.17) is 9.47 Å². The summed E-state index contributed by atoms with van der Waals surface area (Å²) in [4.78, 5) is 11.5. The van der Waals surface area contributed by atoms with Crippen LogP contribution in [-0.2, 0) is 15.7 Å². The maximum atomic E-state index is 12.6. The number of benzene rings is 1. The molecule has 0 amide bonds. The van der Waals surface area contributed by atoms with Gasteiger partial charge in [0.1, 0.15) is 5.75 Å². The Balaban J connectivity index is 2.21. The summed E-state index contributed by atoms with van der Waals surface area (Å²) < 4.78 is 47.7. The van der Waals surface area contributed by atoms with E-state index in [1.165, 1.54) is 6.07 Å². The third-order valence-corrected chi connectivity index (χ3v) is 2.61. The third kappa shape index (κ3) is 2.91. The van der Waals surface area contributed by atoms with E-state index in [1.54, 1.807) is 6.92 Å². The molecule has 1 aromatic rings. The minimum atomic E-state index is -4.45. The van der Waals surface area contributed by atoms with E-state index in [2.05, 4.69) is 5.32 Å². The van der Waals surface area contributed by atoms with Gasteiger partial charge in [0.25, 0.3) is 0 Å². The second kappa shape index (κ2) is 4.99. The highest BCUT2D eigenvalue weighted by molar-refractivity contribution is 5.77. The molecule has 0 aliphatic carbocycles. The fourth-order valence-corrected chi connectivity index (χ4v) is 1.71. The normalized spacial score (nSPS) is 18.0. The Morgan fingerprint density at radius 2 is 2.26 bits per heavy atom. The van der Waals surface area contributed by atoms with Crippen molar-refractivity contribution in [3.8, 4) is 5.75 Å². The Bertz CT molecular complexity index is 488. The van der Waals surface area contributed by atoms with Crippen molar-refractivity contribution in [1.82, 2.24) is 0 Å². The van der Waals surface area contributed by atoms with Gasteiger partial charge in [0.15, 0.2) is 0 Å². The zero-order valence-corrected chi connectivity index (χ0v) is 10.1. The summed E-state index contributed by atoms with van der Waals surface area (Å²) in [5.41, 5.74) is -0.397. The van der Waals surface area contributed by atoms with Crippen LogP contribution in [0, 0.1) is 0 Å². The molecule has 104 valence electrons. The highest BCUT2D eigenvalue weighted by Crippen LogP contribution is 2.36. The first-order chi connectivity index (χ1) is 8.91. The smallest absolute Gasteiger partial charge is 0.416 e. The maximum Gasteiger partial charge on any atom is 0.416 e. The molecule has 0 bridgehead atoms. The first kappa shape index (κ1) is 13.5. The van der Waals surface area contributed by atoms with Crippen LogP contribution < -0.4 is 10.1 Å². The van der Waals surface area contributed by atoms with Crippen molar-refractivity contribution in [3.05, 3.63) is 23.8 Å². The first-order valence-corrected chi connectivity index (χ1v) is 5.70. The van der Waals surface area contributed by atoms with E-state index in [-0.39, 0.29) is 18.9 Å². The standard InChI is InChI=1S/C12H12F3NO3/c1-2-18-11(17)10-6-16-8-4-3-7(12(13,14)15)5-9(8)19-10/h3-5,10,16H,2,6H2,1H3/t10-/m0/s1. The van der Waals surface area contributed by atoms with Crippen LogP contribution in [0.25, 0.3) is 0 Å². The van der Waals surface area contributed by atoms with E-state index in [9.17, 15) is 18.0 Å². The highest BCUT2D eigenvalue weighted by atomic mass is 19.4. The molecular formula is C12H12F3NO3. The molecule has 0 radical (unpaired) electrons. The van der Waals surface area contributed by atoms with Crippen molar-refractivity contribution in [2.24, 2.45) is 0 Å². The lowest BCUT2D eigenvalue weighted by atomic mass is 10.1. The number of ether oxygens (including phenoxy) is 2. The van der Waals surface area contributed by atoms with Crippen LogP contribution in [0.5, 0.6) is 5.75 Å². The Morgan fingerprint density at radius 1 is 1.53 bits per heavy atom. The molecule has 1 heterocycles. The van der Waals surface area contributed by atoms with Crippen LogP contribution in [0.15, 0.2) is 18.2 Å². The number of nitrogens with one attached hydrogen (secondary N) is 1. The number of esters is 1. The number of anilines is 1. The molecule has 2 rings (SSSR count). The summed E-state index contributed by atoms with van der Waals surface area (Å²) in [7, 11) is 0. The van der Waals surface area contributed by atoms with Gasteiger partial charge in [0, 0.05) is 0 Å². The molecule has 19 heavy (non-hydrogen) atoms. The molecule has 1 aliphatic heterocycles. The molecule has 0 saturated heterocycles. The number of halogens is 3. The molecule has 1 atom stereocenters. The fraction of sp³-hybridized carbons (Fsp3) is 0.417. The van der Waals surface area contributed by atoms with Crippen LogP contribution in [-0.4, -0.2) is 25.2 Å². The molecule has 0 spiro atoms. The Morgan fingerprint density at radius 3 is 2.89 bits per heavy atom. The Hall–Kier alpha value is -1.92. The summed E-state index contributed by atoms with van der Waals surface area (Å²) in [5, 5.41) is 2.84. The summed E-state index contributed by atoms with van der Waals surface area (Å²) in [6.45, 7) is 2.00. The number of rotatable bonds is 2. The summed E-state index contributed by atoms with van der Waals surface area (Å²) in [5.74, 6) is -0.600. The lowest BCUT2D eigenvalue weighted by molar-refractivity contribution is -0.150. The SMILES string of the molecule is CCOC(=O)[C@@H]1CNc2ccc(C(F)(F)F)cc2O1. The third-order valence-electron chi connectivity index (χ3n) is 2.61. The van der Waals surface area contributed by atoms with E-state index in [0.29, 0.717) is 5.69 Å². The Labute approximate surface area is 107 Å². The number of carbonyl (C=O) groups excluding carboxylic acids is 1. The molecule has 4 nitrogen and oxygen atoms in total. The van der Waals surface area contributed by atoms with Crippen molar-refractivity contribution < 1.29 is 27.4 Å². The van der Waals surface area contributed by atoms with E-state index < -0.39 is 23.8 Å². The lowest BCUT2D eigenvalue weighted by Crippen LogP contribution is -2.39. The van der Waals surface area contributed by atoms with E-state index in [1.807, 2.05) is 0 Å². The highest BCUT2D eigenvalue weighted by Gasteiger charge is 2.33. The second-order valence-corrected chi connectivity index (χ2v) is 3.95. The quantitative estimate of drug-likeness (QED) is 0.842. The molecule has 0 fully saturated rings.